The molecular weight excluding hydrogens is 376 g/mol. The highest BCUT2D eigenvalue weighted by molar-refractivity contribution is 6.06. The summed E-state index contributed by atoms with van der Waals surface area (Å²) in [5.41, 5.74) is 3.51. The van der Waals surface area contributed by atoms with E-state index in [2.05, 4.69) is 10.3 Å². The normalized spacial score (nSPS) is 10.9. The van der Waals surface area contributed by atoms with Crippen LogP contribution in [0.3, 0.4) is 0 Å². The third-order valence-electron chi connectivity index (χ3n) is 5.14. The lowest BCUT2D eigenvalue weighted by Gasteiger charge is -2.13. The Kier molecular flexibility index (Phi) is 5.44. The van der Waals surface area contributed by atoms with Crippen LogP contribution >= 0.6 is 0 Å². The molecule has 0 unspecified atom stereocenters. The van der Waals surface area contributed by atoms with E-state index < -0.39 is 5.97 Å². The first-order valence-electron chi connectivity index (χ1n) is 9.91. The number of nitrogens with zero attached hydrogens (tertiary/aromatic N) is 1. The van der Waals surface area contributed by atoms with Crippen molar-refractivity contribution in [1.82, 2.24) is 4.98 Å². The molecule has 1 amide bonds. The number of pyridine rings is 1. The number of aryl methyl sites for hydroxylation is 1. The summed E-state index contributed by atoms with van der Waals surface area (Å²) < 4.78 is 5.36. The minimum Gasteiger partial charge on any atom is -0.452 e. The molecular formula is C25H22N2O3. The smallest absolute Gasteiger partial charge is 0.339 e. The van der Waals surface area contributed by atoms with E-state index in [1.165, 1.54) is 0 Å². The van der Waals surface area contributed by atoms with Gasteiger partial charge >= 0.3 is 5.97 Å². The highest BCUT2D eigenvalue weighted by Gasteiger charge is 2.19. The summed E-state index contributed by atoms with van der Waals surface area (Å²) in [4.78, 5) is 29.8. The molecule has 0 aliphatic carbocycles. The molecule has 1 aromatic heterocycles. The quantitative estimate of drug-likeness (QED) is 0.478. The fourth-order valence-corrected chi connectivity index (χ4v) is 3.63. The number of hydrogen-bond donors (Lipinski definition) is 1. The van der Waals surface area contributed by atoms with Gasteiger partial charge in [0.05, 0.1) is 11.1 Å². The second-order valence-electron chi connectivity index (χ2n) is 7.12. The molecule has 0 saturated carbocycles. The maximum absolute atomic E-state index is 12.8. The number of aromatic nitrogens is 1. The van der Waals surface area contributed by atoms with E-state index in [1.807, 2.05) is 80.6 Å². The zero-order chi connectivity index (χ0) is 21.1. The highest BCUT2D eigenvalue weighted by Crippen LogP contribution is 2.24. The van der Waals surface area contributed by atoms with Gasteiger partial charge in [0.15, 0.2) is 6.61 Å². The molecule has 0 aliphatic rings. The first-order chi connectivity index (χ1) is 14.6. The molecule has 3 aromatic carbocycles. The molecule has 0 aliphatic heterocycles. The van der Waals surface area contributed by atoms with Crippen LogP contribution in [0, 0.1) is 6.92 Å². The summed E-state index contributed by atoms with van der Waals surface area (Å²) in [5.74, 6) is -0.903. The zero-order valence-electron chi connectivity index (χ0n) is 16.9. The predicted octanol–water partition coefficient (Wildman–Crippen LogP) is 5.05. The number of anilines is 1. The zero-order valence-corrected chi connectivity index (χ0v) is 16.9. The first kappa shape index (κ1) is 19.6. The van der Waals surface area contributed by atoms with E-state index in [4.69, 9.17) is 4.74 Å². The second kappa shape index (κ2) is 8.33. The Hall–Kier alpha value is -3.73. The molecule has 0 radical (unpaired) electrons. The molecule has 0 bridgehead atoms. The number of rotatable bonds is 5. The molecule has 5 heteroatoms. The molecule has 5 nitrogen and oxygen atoms in total. The molecule has 1 N–H and O–H groups in total. The maximum Gasteiger partial charge on any atom is 0.339 e. The van der Waals surface area contributed by atoms with Crippen molar-refractivity contribution in [2.24, 2.45) is 0 Å². The summed E-state index contributed by atoms with van der Waals surface area (Å²) >= 11 is 0. The van der Waals surface area contributed by atoms with Gasteiger partial charge in [0, 0.05) is 16.8 Å². The van der Waals surface area contributed by atoms with Gasteiger partial charge in [0.2, 0.25) is 0 Å². The third-order valence-corrected chi connectivity index (χ3v) is 5.14. The highest BCUT2D eigenvalue weighted by atomic mass is 16.5. The lowest BCUT2D eigenvalue weighted by atomic mass is 10.0. The minimum atomic E-state index is -0.519. The van der Waals surface area contributed by atoms with Crippen molar-refractivity contribution in [3.8, 4) is 0 Å². The Bertz CT molecular complexity index is 1260. The lowest BCUT2D eigenvalue weighted by Crippen LogP contribution is -2.21. The van der Waals surface area contributed by atoms with Crippen molar-refractivity contribution < 1.29 is 14.3 Å². The third kappa shape index (κ3) is 3.87. The van der Waals surface area contributed by atoms with Gasteiger partial charge in [-0.1, -0.05) is 55.5 Å². The molecule has 4 rings (SSSR count). The Balaban J connectivity index is 1.50. The minimum absolute atomic E-state index is 0.358. The average Bonchev–Trinajstić information content (AvgIpc) is 2.77. The van der Waals surface area contributed by atoms with Crippen molar-refractivity contribution in [3.63, 3.8) is 0 Å². The summed E-state index contributed by atoms with van der Waals surface area (Å²) in [6.07, 6.45) is 0.708. The molecule has 4 aromatic rings. The summed E-state index contributed by atoms with van der Waals surface area (Å²) in [7, 11) is 0. The number of esters is 1. The van der Waals surface area contributed by atoms with E-state index >= 15 is 0 Å². The van der Waals surface area contributed by atoms with E-state index in [-0.39, 0.29) is 12.5 Å². The topological polar surface area (TPSA) is 68.3 Å². The fourth-order valence-electron chi connectivity index (χ4n) is 3.63. The Morgan fingerprint density at radius 2 is 1.70 bits per heavy atom. The number of carbonyl (C=O) groups excluding carboxylic acids is 2. The molecule has 0 atom stereocenters. The SMILES string of the molecule is CCc1nc2ccccc2c(C(=O)OCC(=O)Nc2ccc3ccccc3c2)c1C. The van der Waals surface area contributed by atoms with Gasteiger partial charge in [-0.25, -0.2) is 4.79 Å². The van der Waals surface area contributed by atoms with E-state index in [1.54, 1.807) is 0 Å². The molecule has 150 valence electrons. The van der Waals surface area contributed by atoms with Crippen molar-refractivity contribution >= 4 is 39.2 Å². The van der Waals surface area contributed by atoms with Crippen LogP contribution in [-0.2, 0) is 16.0 Å². The molecule has 1 heterocycles. The molecule has 0 saturated heterocycles. The lowest BCUT2D eigenvalue weighted by molar-refractivity contribution is -0.119. The largest absolute Gasteiger partial charge is 0.452 e. The number of amides is 1. The molecule has 0 spiro atoms. The summed E-state index contributed by atoms with van der Waals surface area (Å²) in [6, 6.07) is 21.0. The second-order valence-corrected chi connectivity index (χ2v) is 7.12. The van der Waals surface area contributed by atoms with Crippen LogP contribution in [0.1, 0.15) is 28.5 Å². The number of fused-ring (bicyclic) bond motifs is 2. The number of ether oxygens (including phenoxy) is 1. The van der Waals surface area contributed by atoms with Gasteiger partial charge < -0.3 is 10.1 Å². The van der Waals surface area contributed by atoms with Crippen molar-refractivity contribution in [2.45, 2.75) is 20.3 Å². The van der Waals surface area contributed by atoms with Crippen LogP contribution in [0.2, 0.25) is 0 Å². The van der Waals surface area contributed by atoms with Crippen LogP contribution in [0.25, 0.3) is 21.7 Å². The van der Waals surface area contributed by atoms with Gasteiger partial charge in [-0.15, -0.1) is 0 Å². The number of para-hydroxylation sites is 1. The van der Waals surface area contributed by atoms with Crippen LogP contribution in [-0.4, -0.2) is 23.5 Å². The monoisotopic (exact) mass is 398 g/mol. The van der Waals surface area contributed by atoms with Crippen molar-refractivity contribution in [2.75, 3.05) is 11.9 Å². The van der Waals surface area contributed by atoms with E-state index in [9.17, 15) is 9.59 Å². The van der Waals surface area contributed by atoms with Crippen molar-refractivity contribution in [3.05, 3.63) is 83.6 Å². The van der Waals surface area contributed by atoms with Gasteiger partial charge in [-0.05, 0) is 47.9 Å². The number of nitrogens with one attached hydrogen (secondary N) is 1. The molecule has 30 heavy (non-hydrogen) atoms. The first-order valence-corrected chi connectivity index (χ1v) is 9.91. The van der Waals surface area contributed by atoms with Gasteiger partial charge in [0.25, 0.3) is 5.91 Å². The Labute approximate surface area is 174 Å². The van der Waals surface area contributed by atoms with E-state index in [0.29, 0.717) is 17.7 Å². The number of carbonyl (C=O) groups is 2. The van der Waals surface area contributed by atoms with Gasteiger partial charge in [-0.2, -0.15) is 0 Å². The summed E-state index contributed by atoms with van der Waals surface area (Å²) in [6.45, 7) is 3.50. The van der Waals surface area contributed by atoms with Crippen LogP contribution < -0.4 is 5.32 Å². The van der Waals surface area contributed by atoms with Crippen molar-refractivity contribution in [1.29, 1.82) is 0 Å². The van der Waals surface area contributed by atoms with Gasteiger partial charge in [0.1, 0.15) is 0 Å². The number of benzene rings is 3. The van der Waals surface area contributed by atoms with Gasteiger partial charge in [-0.3, -0.25) is 9.78 Å². The average molecular weight is 398 g/mol. The van der Waals surface area contributed by atoms with Crippen LogP contribution in [0.5, 0.6) is 0 Å². The van der Waals surface area contributed by atoms with Crippen LogP contribution in [0.4, 0.5) is 5.69 Å². The predicted molar refractivity (Wildman–Crippen MR) is 119 cm³/mol. The Morgan fingerprint density at radius 3 is 2.50 bits per heavy atom. The molecule has 0 fully saturated rings. The summed E-state index contributed by atoms with van der Waals surface area (Å²) in [5, 5.41) is 5.63. The van der Waals surface area contributed by atoms with Crippen LogP contribution in [0.15, 0.2) is 66.7 Å². The standard InChI is InChI=1S/C25H22N2O3/c1-3-21-16(2)24(20-10-6-7-11-22(20)27-21)25(29)30-15-23(28)26-19-13-12-17-8-4-5-9-18(17)14-19/h4-14H,3,15H2,1-2H3,(H,26,28). The number of hydrogen-bond acceptors (Lipinski definition) is 4. The van der Waals surface area contributed by atoms with E-state index in [0.717, 1.165) is 32.9 Å². The Morgan fingerprint density at radius 1 is 0.967 bits per heavy atom. The maximum atomic E-state index is 12.8. The fraction of sp³-hybridized carbons (Fsp3) is 0.160.